The molecule has 9 heteroatoms. The van der Waals surface area contributed by atoms with Crippen molar-refractivity contribution in [1.29, 1.82) is 5.26 Å². The van der Waals surface area contributed by atoms with Crippen LogP contribution in [0.1, 0.15) is 6.23 Å². The Kier molecular flexibility index (Phi) is 3.25. The summed E-state index contributed by atoms with van der Waals surface area (Å²) in [5, 5.41) is 37.6. The molecule has 9 nitrogen and oxygen atoms in total. The highest BCUT2D eigenvalue weighted by molar-refractivity contribution is 5.14. The van der Waals surface area contributed by atoms with Gasteiger partial charge in [-0.2, -0.15) is 5.26 Å². The van der Waals surface area contributed by atoms with Gasteiger partial charge in [-0.05, 0) is 0 Å². The second-order valence-electron chi connectivity index (χ2n) is 4.12. The smallest absolute Gasteiger partial charge is 0.330 e. The normalized spacial score (nSPS) is 34.1. The fourth-order valence-corrected chi connectivity index (χ4v) is 1.89. The van der Waals surface area contributed by atoms with Gasteiger partial charge in [-0.3, -0.25) is 14.3 Å². The van der Waals surface area contributed by atoms with E-state index in [1.54, 1.807) is 6.07 Å². The molecule has 0 bridgehead atoms. The van der Waals surface area contributed by atoms with Gasteiger partial charge >= 0.3 is 5.69 Å². The van der Waals surface area contributed by atoms with Crippen molar-refractivity contribution in [1.82, 2.24) is 9.55 Å². The van der Waals surface area contributed by atoms with Crippen LogP contribution >= 0.6 is 0 Å². The molecule has 0 radical (unpaired) electrons. The zero-order chi connectivity index (χ0) is 14.2. The molecule has 2 rings (SSSR count). The number of nitrogens with zero attached hydrogens (tertiary/aromatic N) is 2. The zero-order valence-corrected chi connectivity index (χ0v) is 9.55. The fraction of sp³-hybridized carbons (Fsp3) is 0.500. The largest absolute Gasteiger partial charge is 0.392 e. The van der Waals surface area contributed by atoms with Gasteiger partial charge < -0.3 is 20.1 Å². The number of H-pyrrole nitrogens is 1. The minimum atomic E-state index is -2.01. The van der Waals surface area contributed by atoms with Crippen LogP contribution in [-0.2, 0) is 4.74 Å². The number of aromatic nitrogens is 2. The Hall–Kier alpha value is -1.99. The van der Waals surface area contributed by atoms with Crippen molar-refractivity contribution in [3.63, 3.8) is 0 Å². The summed E-state index contributed by atoms with van der Waals surface area (Å²) in [5.74, 6) is 0. The number of aliphatic hydroxyl groups is 3. The van der Waals surface area contributed by atoms with E-state index >= 15 is 0 Å². The first-order valence-electron chi connectivity index (χ1n) is 5.33. The molecule has 0 spiro atoms. The molecule has 1 fully saturated rings. The number of aliphatic hydroxyl groups excluding tert-OH is 3. The van der Waals surface area contributed by atoms with Crippen LogP contribution in [0.5, 0.6) is 0 Å². The lowest BCUT2D eigenvalue weighted by atomic mass is 9.98. The average Bonchev–Trinajstić information content (AvgIpc) is 2.64. The summed E-state index contributed by atoms with van der Waals surface area (Å²) in [7, 11) is 0. The van der Waals surface area contributed by atoms with Gasteiger partial charge in [-0.15, -0.1) is 0 Å². The first-order valence-corrected chi connectivity index (χ1v) is 5.33. The molecule has 4 N–H and O–H groups in total. The highest BCUT2D eigenvalue weighted by Crippen LogP contribution is 2.35. The van der Waals surface area contributed by atoms with Crippen molar-refractivity contribution < 1.29 is 20.1 Å². The van der Waals surface area contributed by atoms with Crippen LogP contribution in [0.15, 0.2) is 21.9 Å². The Balaban J connectivity index is 2.46. The number of rotatable bonds is 2. The Labute approximate surface area is 105 Å². The Morgan fingerprint density at radius 1 is 1.53 bits per heavy atom. The summed E-state index contributed by atoms with van der Waals surface area (Å²) in [6.07, 6.45) is -3.61. The lowest BCUT2D eigenvalue weighted by molar-refractivity contribution is -0.0948. The van der Waals surface area contributed by atoms with E-state index in [-0.39, 0.29) is 0 Å². The third-order valence-electron chi connectivity index (χ3n) is 2.97. The molecule has 1 saturated heterocycles. The second-order valence-corrected chi connectivity index (χ2v) is 4.12. The van der Waals surface area contributed by atoms with Crippen LogP contribution in [0.2, 0.25) is 0 Å². The van der Waals surface area contributed by atoms with Gasteiger partial charge in [-0.1, -0.05) is 0 Å². The number of hydrogen-bond acceptors (Lipinski definition) is 7. The topological polar surface area (TPSA) is 149 Å². The molecule has 1 aromatic heterocycles. The van der Waals surface area contributed by atoms with Crippen LogP contribution < -0.4 is 11.2 Å². The van der Waals surface area contributed by atoms with Crippen LogP contribution in [-0.4, -0.2) is 49.3 Å². The molecule has 0 aromatic carbocycles. The van der Waals surface area contributed by atoms with E-state index in [0.29, 0.717) is 0 Å². The van der Waals surface area contributed by atoms with Gasteiger partial charge in [-0.25, -0.2) is 4.79 Å². The molecule has 0 aliphatic carbocycles. The van der Waals surface area contributed by atoms with Crippen LogP contribution in [0.4, 0.5) is 0 Å². The predicted molar refractivity (Wildman–Crippen MR) is 58.9 cm³/mol. The number of nitriles is 1. The summed E-state index contributed by atoms with van der Waals surface area (Å²) >= 11 is 0. The van der Waals surface area contributed by atoms with Crippen molar-refractivity contribution in [3.05, 3.63) is 33.1 Å². The Morgan fingerprint density at radius 3 is 2.68 bits per heavy atom. The predicted octanol–water partition coefficient (Wildman–Crippen LogP) is -2.96. The quantitative estimate of drug-likeness (QED) is 0.448. The molecule has 4 atom stereocenters. The SMILES string of the molecule is N#CC1(CO)OC(n2ccc(=O)[nH]c2=O)C(O)C1O. The highest BCUT2D eigenvalue weighted by Gasteiger charge is 2.55. The molecule has 1 aliphatic rings. The Bertz CT molecular complexity index is 631. The molecule has 0 saturated carbocycles. The second kappa shape index (κ2) is 4.60. The molecular formula is C10H11N3O6. The molecule has 19 heavy (non-hydrogen) atoms. The van der Waals surface area contributed by atoms with Crippen molar-refractivity contribution in [3.8, 4) is 6.07 Å². The summed E-state index contributed by atoms with van der Waals surface area (Å²) in [6.45, 7) is -0.851. The fourth-order valence-electron chi connectivity index (χ4n) is 1.89. The average molecular weight is 269 g/mol. The number of nitrogens with one attached hydrogen (secondary N) is 1. The number of ether oxygens (including phenoxy) is 1. The van der Waals surface area contributed by atoms with E-state index in [1.807, 2.05) is 4.98 Å². The van der Waals surface area contributed by atoms with Crippen molar-refractivity contribution >= 4 is 0 Å². The lowest BCUT2D eigenvalue weighted by Crippen LogP contribution is -2.45. The summed E-state index contributed by atoms with van der Waals surface area (Å²) in [4.78, 5) is 24.4. The van der Waals surface area contributed by atoms with E-state index in [0.717, 1.165) is 16.8 Å². The minimum absolute atomic E-state index is 0.636. The number of aromatic amines is 1. The van der Waals surface area contributed by atoms with Crippen LogP contribution in [0.3, 0.4) is 0 Å². The van der Waals surface area contributed by atoms with Gasteiger partial charge in [0.15, 0.2) is 6.23 Å². The van der Waals surface area contributed by atoms with Gasteiger partial charge in [0.25, 0.3) is 5.56 Å². The third-order valence-corrected chi connectivity index (χ3v) is 2.97. The molecule has 1 aliphatic heterocycles. The first-order chi connectivity index (χ1) is 8.95. The van der Waals surface area contributed by atoms with Gasteiger partial charge in [0.2, 0.25) is 5.60 Å². The van der Waals surface area contributed by atoms with Gasteiger partial charge in [0.1, 0.15) is 18.3 Å². The molecule has 102 valence electrons. The summed E-state index contributed by atoms with van der Waals surface area (Å²) in [5.41, 5.74) is -3.52. The maximum absolute atomic E-state index is 11.6. The van der Waals surface area contributed by atoms with E-state index < -0.39 is 41.9 Å². The minimum Gasteiger partial charge on any atom is -0.392 e. The highest BCUT2D eigenvalue weighted by atomic mass is 16.6. The molecule has 4 unspecified atom stereocenters. The third kappa shape index (κ3) is 1.96. The van der Waals surface area contributed by atoms with Gasteiger partial charge in [0, 0.05) is 12.3 Å². The molecule has 0 amide bonds. The summed E-state index contributed by atoms with van der Waals surface area (Å²) < 4.78 is 5.93. The van der Waals surface area contributed by atoms with E-state index in [9.17, 15) is 19.8 Å². The molecule has 2 heterocycles. The first kappa shape index (κ1) is 13.4. The van der Waals surface area contributed by atoms with E-state index in [4.69, 9.17) is 15.1 Å². The zero-order valence-electron chi connectivity index (χ0n) is 9.55. The standard InChI is InChI=1S/C10H11N3O6/c11-3-10(4-14)7(17)6(16)8(19-10)13-2-1-5(15)12-9(13)18/h1-2,6-8,14,16-17H,4H2,(H,12,15,18). The lowest BCUT2D eigenvalue weighted by Gasteiger charge is -2.21. The molecule has 1 aromatic rings. The van der Waals surface area contributed by atoms with Gasteiger partial charge in [0.05, 0.1) is 6.61 Å². The molecular weight excluding hydrogens is 258 g/mol. The Morgan fingerprint density at radius 2 is 2.21 bits per heavy atom. The van der Waals surface area contributed by atoms with Crippen molar-refractivity contribution in [2.45, 2.75) is 24.0 Å². The van der Waals surface area contributed by atoms with E-state index in [2.05, 4.69) is 0 Å². The number of hydrogen-bond donors (Lipinski definition) is 4. The van der Waals surface area contributed by atoms with Crippen LogP contribution in [0, 0.1) is 11.3 Å². The maximum Gasteiger partial charge on any atom is 0.330 e. The monoisotopic (exact) mass is 269 g/mol. The van der Waals surface area contributed by atoms with Crippen molar-refractivity contribution in [2.75, 3.05) is 6.61 Å². The van der Waals surface area contributed by atoms with E-state index in [1.165, 1.54) is 0 Å². The maximum atomic E-state index is 11.6. The summed E-state index contributed by atoms with van der Waals surface area (Å²) in [6, 6.07) is 2.59. The van der Waals surface area contributed by atoms with Crippen LogP contribution in [0.25, 0.3) is 0 Å². The van der Waals surface area contributed by atoms with Crippen molar-refractivity contribution in [2.24, 2.45) is 0 Å².